The Bertz CT molecular complexity index is 453. The van der Waals surface area contributed by atoms with Crippen molar-refractivity contribution in [1.29, 1.82) is 0 Å². The highest BCUT2D eigenvalue weighted by Gasteiger charge is 2.63. The number of fused-ring (bicyclic) bond motifs is 3. The Morgan fingerprint density at radius 3 is 2.42 bits per heavy atom. The first-order chi connectivity index (χ1) is 8.67. The van der Waals surface area contributed by atoms with Crippen molar-refractivity contribution in [2.75, 3.05) is 0 Å². The van der Waals surface area contributed by atoms with E-state index in [9.17, 15) is 9.59 Å². The second-order valence-corrected chi connectivity index (χ2v) is 8.02. The predicted molar refractivity (Wildman–Crippen MR) is 71.5 cm³/mol. The zero-order valence-corrected chi connectivity index (χ0v) is 12.4. The van der Waals surface area contributed by atoms with Gasteiger partial charge in [-0.1, -0.05) is 20.8 Å². The monoisotopic (exact) mass is 264 g/mol. The number of Topliss-reactive ketones (excluding diaryl/α,β-unsaturated/α-hetero) is 1. The van der Waals surface area contributed by atoms with E-state index in [1.807, 2.05) is 0 Å². The first-order valence-electron chi connectivity index (χ1n) is 7.41. The normalized spacial score (nSPS) is 48.4. The maximum Gasteiger partial charge on any atom is 0.306 e. The fraction of sp³-hybridized carbons (Fsp3) is 0.875. The smallest absolute Gasteiger partial charge is 0.306 e. The van der Waals surface area contributed by atoms with Gasteiger partial charge in [0.2, 0.25) is 0 Å². The van der Waals surface area contributed by atoms with E-state index < -0.39 is 0 Å². The Balaban J connectivity index is 2.04. The van der Waals surface area contributed by atoms with Crippen LogP contribution in [0.2, 0.25) is 0 Å². The lowest BCUT2D eigenvalue weighted by Crippen LogP contribution is -2.57. The van der Waals surface area contributed by atoms with Gasteiger partial charge in [0.15, 0.2) is 0 Å². The van der Waals surface area contributed by atoms with Crippen LogP contribution in [0.15, 0.2) is 0 Å². The Kier molecular flexibility index (Phi) is 2.50. The minimum atomic E-state index is -0.337. The lowest BCUT2D eigenvalue weighted by Gasteiger charge is -2.58. The lowest BCUT2D eigenvalue weighted by molar-refractivity contribution is -0.168. The van der Waals surface area contributed by atoms with Gasteiger partial charge in [-0.15, -0.1) is 0 Å². The van der Waals surface area contributed by atoms with E-state index in [0.717, 1.165) is 12.8 Å². The minimum absolute atomic E-state index is 0.0526. The van der Waals surface area contributed by atoms with Crippen molar-refractivity contribution >= 4 is 11.8 Å². The summed E-state index contributed by atoms with van der Waals surface area (Å²) in [5.74, 6) is 0.998. The summed E-state index contributed by atoms with van der Waals surface area (Å²) in [4.78, 5) is 24.0. The SMILES string of the molecule is CC1(C)CC(=O)CC2(C)C1CCC1(C)OC(=O)CC12. The van der Waals surface area contributed by atoms with Gasteiger partial charge in [-0.25, -0.2) is 0 Å². The number of rotatable bonds is 0. The molecule has 0 radical (unpaired) electrons. The van der Waals surface area contributed by atoms with Crippen molar-refractivity contribution < 1.29 is 14.3 Å². The van der Waals surface area contributed by atoms with Crippen LogP contribution >= 0.6 is 0 Å². The van der Waals surface area contributed by atoms with Crippen LogP contribution in [0, 0.1) is 22.7 Å². The molecule has 2 aliphatic carbocycles. The molecule has 0 aromatic heterocycles. The summed E-state index contributed by atoms with van der Waals surface area (Å²) in [6.07, 6.45) is 3.81. The van der Waals surface area contributed by atoms with Gasteiger partial charge in [0.1, 0.15) is 11.4 Å². The van der Waals surface area contributed by atoms with Gasteiger partial charge < -0.3 is 4.74 Å². The van der Waals surface area contributed by atoms with E-state index in [-0.39, 0.29) is 28.3 Å². The molecule has 4 atom stereocenters. The topological polar surface area (TPSA) is 43.4 Å². The van der Waals surface area contributed by atoms with E-state index in [2.05, 4.69) is 27.7 Å². The highest BCUT2D eigenvalue weighted by Crippen LogP contribution is 2.64. The minimum Gasteiger partial charge on any atom is -0.459 e. The van der Waals surface area contributed by atoms with E-state index in [4.69, 9.17) is 4.74 Å². The third-order valence-electron chi connectivity index (χ3n) is 6.15. The van der Waals surface area contributed by atoms with Crippen LogP contribution in [0.25, 0.3) is 0 Å². The highest BCUT2D eigenvalue weighted by atomic mass is 16.6. The fourth-order valence-corrected chi connectivity index (χ4v) is 5.56. The third-order valence-corrected chi connectivity index (χ3v) is 6.15. The highest BCUT2D eigenvalue weighted by molar-refractivity contribution is 5.81. The number of carbonyl (C=O) groups excluding carboxylic acids is 2. The van der Waals surface area contributed by atoms with Gasteiger partial charge >= 0.3 is 5.97 Å². The molecule has 2 saturated carbocycles. The Hall–Kier alpha value is -0.860. The molecule has 3 fully saturated rings. The molecule has 0 spiro atoms. The van der Waals surface area contributed by atoms with Gasteiger partial charge in [0.25, 0.3) is 0 Å². The number of ether oxygens (including phenoxy) is 1. The molecule has 1 heterocycles. The summed E-state index contributed by atoms with van der Waals surface area (Å²) >= 11 is 0. The summed E-state index contributed by atoms with van der Waals surface area (Å²) in [6, 6.07) is 0. The van der Waals surface area contributed by atoms with Crippen LogP contribution in [-0.2, 0) is 14.3 Å². The predicted octanol–water partition coefficient (Wildman–Crippen LogP) is 3.11. The Morgan fingerprint density at radius 1 is 1.05 bits per heavy atom. The summed E-state index contributed by atoms with van der Waals surface area (Å²) < 4.78 is 5.62. The summed E-state index contributed by atoms with van der Waals surface area (Å²) in [6.45, 7) is 8.72. The van der Waals surface area contributed by atoms with Gasteiger partial charge in [-0.05, 0) is 36.5 Å². The van der Waals surface area contributed by atoms with Crippen LogP contribution in [0.4, 0.5) is 0 Å². The molecule has 0 bridgehead atoms. The molecule has 4 unspecified atom stereocenters. The average molecular weight is 264 g/mol. The number of carbonyl (C=O) groups is 2. The zero-order chi connectivity index (χ0) is 14.1. The van der Waals surface area contributed by atoms with Crippen molar-refractivity contribution in [3.8, 4) is 0 Å². The van der Waals surface area contributed by atoms with Crippen LogP contribution in [0.1, 0.15) is 59.8 Å². The van der Waals surface area contributed by atoms with E-state index in [1.54, 1.807) is 0 Å². The maximum atomic E-state index is 12.2. The van der Waals surface area contributed by atoms with Gasteiger partial charge in [0, 0.05) is 18.8 Å². The van der Waals surface area contributed by atoms with Crippen molar-refractivity contribution in [1.82, 2.24) is 0 Å². The molecule has 0 aromatic carbocycles. The fourth-order valence-electron chi connectivity index (χ4n) is 5.56. The molecule has 1 saturated heterocycles. The van der Waals surface area contributed by atoms with Gasteiger partial charge in [-0.2, -0.15) is 0 Å². The molecular formula is C16H24O3. The molecule has 19 heavy (non-hydrogen) atoms. The quantitative estimate of drug-likeness (QED) is 0.631. The molecule has 3 heteroatoms. The standard InChI is InChI=1S/C16H24O3/c1-14(2)8-10(17)9-15(3)11(14)5-6-16(4)12(15)7-13(18)19-16/h11-12H,5-9H2,1-4H3. The van der Waals surface area contributed by atoms with E-state index in [0.29, 0.717) is 31.0 Å². The number of ketones is 1. The van der Waals surface area contributed by atoms with Crippen molar-refractivity contribution in [3.05, 3.63) is 0 Å². The largest absolute Gasteiger partial charge is 0.459 e. The summed E-state index contributed by atoms with van der Waals surface area (Å²) in [5, 5.41) is 0. The van der Waals surface area contributed by atoms with Crippen LogP contribution in [-0.4, -0.2) is 17.4 Å². The number of esters is 1. The third kappa shape index (κ3) is 1.70. The maximum absolute atomic E-state index is 12.2. The zero-order valence-electron chi connectivity index (χ0n) is 12.4. The van der Waals surface area contributed by atoms with E-state index >= 15 is 0 Å². The molecular weight excluding hydrogens is 240 g/mol. The molecule has 3 nitrogen and oxygen atoms in total. The molecule has 0 amide bonds. The number of hydrogen-bond donors (Lipinski definition) is 0. The molecule has 0 N–H and O–H groups in total. The first-order valence-corrected chi connectivity index (χ1v) is 7.41. The average Bonchev–Trinajstić information content (AvgIpc) is 2.51. The molecule has 106 valence electrons. The van der Waals surface area contributed by atoms with Crippen LogP contribution in [0.5, 0.6) is 0 Å². The first kappa shape index (κ1) is 13.1. The van der Waals surface area contributed by atoms with Crippen molar-refractivity contribution in [3.63, 3.8) is 0 Å². The summed E-state index contributed by atoms with van der Waals surface area (Å²) in [7, 11) is 0. The molecule has 3 aliphatic rings. The van der Waals surface area contributed by atoms with Crippen LogP contribution in [0.3, 0.4) is 0 Å². The number of hydrogen-bond acceptors (Lipinski definition) is 3. The van der Waals surface area contributed by atoms with E-state index in [1.165, 1.54) is 0 Å². The second kappa shape index (κ2) is 3.62. The molecule has 0 aromatic rings. The molecule has 1 aliphatic heterocycles. The lowest BCUT2D eigenvalue weighted by atomic mass is 9.45. The van der Waals surface area contributed by atoms with Gasteiger partial charge in [0.05, 0.1) is 6.42 Å². The van der Waals surface area contributed by atoms with Gasteiger partial charge in [-0.3, -0.25) is 9.59 Å². The summed E-state index contributed by atoms with van der Waals surface area (Å²) in [5.41, 5.74) is -0.356. The Morgan fingerprint density at radius 2 is 1.74 bits per heavy atom. The van der Waals surface area contributed by atoms with Crippen molar-refractivity contribution in [2.24, 2.45) is 22.7 Å². The van der Waals surface area contributed by atoms with Crippen LogP contribution < -0.4 is 0 Å². The molecule has 3 rings (SSSR count). The van der Waals surface area contributed by atoms with Crippen molar-refractivity contribution in [2.45, 2.75) is 65.4 Å². The second-order valence-electron chi connectivity index (χ2n) is 8.02. The Labute approximate surface area is 115 Å².